The van der Waals surface area contributed by atoms with E-state index < -0.39 is 0 Å². The predicted octanol–water partition coefficient (Wildman–Crippen LogP) is 5.17. The third kappa shape index (κ3) is 4.25. The van der Waals surface area contributed by atoms with Crippen LogP contribution in [0, 0.1) is 0 Å². The normalized spacial score (nSPS) is 12.4. The van der Waals surface area contributed by atoms with Gasteiger partial charge in [-0.2, -0.15) is 0 Å². The zero-order valence-corrected chi connectivity index (χ0v) is 15.9. The maximum atomic E-state index is 5.92. The lowest BCUT2D eigenvalue weighted by molar-refractivity contribution is 0.174. The number of aromatic nitrogens is 2. The van der Waals surface area contributed by atoms with Crippen LogP contribution in [0.1, 0.15) is 44.0 Å². The molecule has 0 saturated carbocycles. The van der Waals surface area contributed by atoms with Gasteiger partial charge in [0.25, 0.3) is 0 Å². The number of nitrogens with zero attached hydrogens (tertiary/aromatic N) is 2. The van der Waals surface area contributed by atoms with Crippen LogP contribution in [-0.4, -0.2) is 23.3 Å². The van der Waals surface area contributed by atoms with E-state index in [0.717, 1.165) is 42.0 Å². The number of hydrogen-bond acceptors (Lipinski definition) is 3. The van der Waals surface area contributed by atoms with Crippen LogP contribution >= 0.6 is 0 Å². The fourth-order valence-corrected chi connectivity index (χ4v) is 3.16. The Balaban J connectivity index is 1.58. The molecule has 1 aromatic heterocycles. The molecular formula is C22H28N2O2. The quantitative estimate of drug-likeness (QED) is 0.499. The number of methoxy groups -OCH3 is 1. The van der Waals surface area contributed by atoms with E-state index in [4.69, 9.17) is 9.47 Å². The van der Waals surface area contributed by atoms with Gasteiger partial charge in [-0.25, -0.2) is 4.98 Å². The van der Waals surface area contributed by atoms with Gasteiger partial charge in [0.05, 0.1) is 17.6 Å². The second kappa shape index (κ2) is 8.86. The first-order valence-electron chi connectivity index (χ1n) is 9.38. The lowest BCUT2D eigenvalue weighted by atomic mass is 9.99. The maximum Gasteiger partial charge on any atom is 0.135 e. The molecule has 0 radical (unpaired) electrons. The Hall–Kier alpha value is -2.33. The van der Waals surface area contributed by atoms with Crippen molar-refractivity contribution in [3.05, 3.63) is 59.9 Å². The summed E-state index contributed by atoms with van der Waals surface area (Å²) in [6.07, 6.45) is 2.08. The molecule has 0 amide bonds. The Bertz CT molecular complexity index is 824. The summed E-state index contributed by atoms with van der Waals surface area (Å²) in [5.41, 5.74) is 3.53. The van der Waals surface area contributed by atoms with E-state index in [2.05, 4.69) is 53.7 Å². The molecule has 4 nitrogen and oxygen atoms in total. The van der Waals surface area contributed by atoms with Crippen molar-refractivity contribution in [2.45, 2.75) is 45.8 Å². The van der Waals surface area contributed by atoms with Gasteiger partial charge in [0.2, 0.25) is 0 Å². The second-order valence-corrected chi connectivity index (χ2v) is 6.68. The van der Waals surface area contributed by atoms with Crippen LogP contribution < -0.4 is 4.74 Å². The van der Waals surface area contributed by atoms with Crippen molar-refractivity contribution < 1.29 is 9.47 Å². The zero-order chi connectivity index (χ0) is 18.4. The predicted molar refractivity (Wildman–Crippen MR) is 106 cm³/mol. The standard InChI is InChI=1S/C22H28N2O2/c1-4-17(2)18-10-12-19(13-11-18)26-15-7-14-24-21-9-6-5-8-20(21)23-22(24)16-25-3/h5-6,8-13,17H,4,7,14-16H2,1-3H3. The molecule has 0 bridgehead atoms. The number of hydrogen-bond donors (Lipinski definition) is 0. The average molecular weight is 352 g/mol. The molecule has 0 N–H and O–H groups in total. The monoisotopic (exact) mass is 352 g/mol. The molecule has 0 spiro atoms. The fraction of sp³-hybridized carbons (Fsp3) is 0.409. The molecule has 0 aliphatic carbocycles. The summed E-state index contributed by atoms with van der Waals surface area (Å²) in [5.74, 6) is 2.49. The molecular weight excluding hydrogens is 324 g/mol. The van der Waals surface area contributed by atoms with E-state index in [1.54, 1.807) is 7.11 Å². The number of para-hydroxylation sites is 2. The third-order valence-electron chi connectivity index (χ3n) is 4.86. The first-order chi connectivity index (χ1) is 12.7. The van der Waals surface area contributed by atoms with Crippen molar-refractivity contribution in [3.8, 4) is 5.75 Å². The highest BCUT2D eigenvalue weighted by Crippen LogP contribution is 2.22. The van der Waals surface area contributed by atoms with Crippen LogP contribution in [0.3, 0.4) is 0 Å². The van der Waals surface area contributed by atoms with Crippen LogP contribution in [-0.2, 0) is 17.9 Å². The van der Waals surface area contributed by atoms with Crippen molar-refractivity contribution in [1.82, 2.24) is 9.55 Å². The van der Waals surface area contributed by atoms with E-state index in [1.165, 1.54) is 5.56 Å². The third-order valence-corrected chi connectivity index (χ3v) is 4.86. The minimum absolute atomic E-state index is 0.520. The first kappa shape index (κ1) is 18.5. The zero-order valence-electron chi connectivity index (χ0n) is 15.9. The largest absolute Gasteiger partial charge is 0.494 e. The number of benzene rings is 2. The minimum Gasteiger partial charge on any atom is -0.494 e. The number of rotatable bonds is 9. The van der Waals surface area contributed by atoms with Gasteiger partial charge >= 0.3 is 0 Å². The van der Waals surface area contributed by atoms with Crippen LogP contribution in [0.25, 0.3) is 11.0 Å². The molecule has 1 unspecified atom stereocenters. The number of aryl methyl sites for hydroxylation is 1. The molecule has 0 aliphatic rings. The Morgan fingerprint density at radius 2 is 1.85 bits per heavy atom. The summed E-state index contributed by atoms with van der Waals surface area (Å²) < 4.78 is 13.4. The topological polar surface area (TPSA) is 36.3 Å². The first-order valence-corrected chi connectivity index (χ1v) is 9.38. The Labute approximate surface area is 155 Å². The van der Waals surface area contributed by atoms with Crippen molar-refractivity contribution >= 4 is 11.0 Å². The summed E-state index contributed by atoms with van der Waals surface area (Å²) in [6.45, 7) is 6.54. The van der Waals surface area contributed by atoms with Crippen LogP contribution in [0.2, 0.25) is 0 Å². The van der Waals surface area contributed by atoms with Crippen LogP contribution in [0.15, 0.2) is 48.5 Å². The molecule has 0 aliphatic heterocycles. The SMILES string of the molecule is CCC(C)c1ccc(OCCCn2c(COC)nc3ccccc32)cc1. The van der Waals surface area contributed by atoms with Gasteiger partial charge in [-0.05, 0) is 48.6 Å². The highest BCUT2D eigenvalue weighted by molar-refractivity contribution is 5.75. The molecule has 26 heavy (non-hydrogen) atoms. The van der Waals surface area contributed by atoms with Gasteiger partial charge in [0.15, 0.2) is 0 Å². The molecule has 2 aromatic carbocycles. The fourth-order valence-electron chi connectivity index (χ4n) is 3.16. The Morgan fingerprint density at radius 3 is 2.58 bits per heavy atom. The maximum absolute atomic E-state index is 5.92. The summed E-state index contributed by atoms with van der Waals surface area (Å²) in [6, 6.07) is 16.7. The second-order valence-electron chi connectivity index (χ2n) is 6.68. The van der Waals surface area contributed by atoms with Gasteiger partial charge in [-0.15, -0.1) is 0 Å². The molecule has 1 heterocycles. The average Bonchev–Trinajstić information content (AvgIpc) is 3.02. The van der Waals surface area contributed by atoms with Crippen molar-refractivity contribution in [2.24, 2.45) is 0 Å². The van der Waals surface area contributed by atoms with Crippen molar-refractivity contribution in [1.29, 1.82) is 0 Å². The van der Waals surface area contributed by atoms with Gasteiger partial charge in [0, 0.05) is 13.7 Å². The van der Waals surface area contributed by atoms with Gasteiger partial charge < -0.3 is 14.0 Å². The van der Waals surface area contributed by atoms with Crippen molar-refractivity contribution in [3.63, 3.8) is 0 Å². The van der Waals surface area contributed by atoms with Gasteiger partial charge in [-0.1, -0.05) is 38.1 Å². The van der Waals surface area contributed by atoms with Crippen LogP contribution in [0.5, 0.6) is 5.75 Å². The van der Waals surface area contributed by atoms with E-state index in [1.807, 2.05) is 18.2 Å². The molecule has 138 valence electrons. The van der Waals surface area contributed by atoms with E-state index in [-0.39, 0.29) is 0 Å². The molecule has 3 aromatic rings. The molecule has 4 heteroatoms. The highest BCUT2D eigenvalue weighted by Gasteiger charge is 2.10. The molecule has 0 saturated heterocycles. The van der Waals surface area contributed by atoms with Crippen molar-refractivity contribution in [2.75, 3.05) is 13.7 Å². The van der Waals surface area contributed by atoms with E-state index in [9.17, 15) is 0 Å². The summed E-state index contributed by atoms with van der Waals surface area (Å²) in [4.78, 5) is 4.67. The smallest absolute Gasteiger partial charge is 0.135 e. The summed E-state index contributed by atoms with van der Waals surface area (Å²) in [7, 11) is 1.70. The lowest BCUT2D eigenvalue weighted by Gasteiger charge is -2.12. The van der Waals surface area contributed by atoms with Gasteiger partial charge in [0.1, 0.15) is 18.2 Å². The molecule has 3 rings (SSSR count). The summed E-state index contributed by atoms with van der Waals surface area (Å²) >= 11 is 0. The van der Waals surface area contributed by atoms with Crippen LogP contribution in [0.4, 0.5) is 0 Å². The Kier molecular flexibility index (Phi) is 6.29. The van der Waals surface area contributed by atoms with E-state index in [0.29, 0.717) is 19.1 Å². The number of fused-ring (bicyclic) bond motifs is 1. The number of ether oxygens (including phenoxy) is 2. The van der Waals surface area contributed by atoms with Gasteiger partial charge in [-0.3, -0.25) is 0 Å². The minimum atomic E-state index is 0.520. The highest BCUT2D eigenvalue weighted by atomic mass is 16.5. The number of imidazole rings is 1. The molecule has 1 atom stereocenters. The van der Waals surface area contributed by atoms with E-state index >= 15 is 0 Å². The Morgan fingerprint density at radius 1 is 1.08 bits per heavy atom. The lowest BCUT2D eigenvalue weighted by Crippen LogP contribution is -2.08. The molecule has 0 fully saturated rings. The summed E-state index contributed by atoms with van der Waals surface area (Å²) in [5, 5.41) is 0.